The lowest BCUT2D eigenvalue weighted by molar-refractivity contribution is 0.398. The topological polar surface area (TPSA) is 40.5 Å². The molecule has 0 aliphatic carbocycles. The van der Waals surface area contributed by atoms with Gasteiger partial charge in [0.1, 0.15) is 4.84 Å². The maximum atomic E-state index is 9.52. The molecule has 0 spiro atoms. The summed E-state index contributed by atoms with van der Waals surface area (Å²) in [6.07, 6.45) is 0. The molecule has 0 fully saturated rings. The summed E-state index contributed by atoms with van der Waals surface area (Å²) < 4.78 is 0. The lowest BCUT2D eigenvalue weighted by Gasteiger charge is -2.18. The number of phenolic OH excluding ortho intramolecular Hbond substituents is 2. The number of alkyl halides is 4. The molecule has 0 aromatic heterocycles. The van der Waals surface area contributed by atoms with Gasteiger partial charge in [-0.15, -0.1) is 46.4 Å². The van der Waals surface area contributed by atoms with E-state index in [1.54, 1.807) is 6.07 Å². The summed E-state index contributed by atoms with van der Waals surface area (Å²) in [6.45, 7) is 0. The van der Waals surface area contributed by atoms with Crippen LogP contribution in [-0.2, 0) is 0 Å². The minimum absolute atomic E-state index is 0.261. The highest BCUT2D eigenvalue weighted by Crippen LogP contribution is 2.40. The second kappa shape index (κ2) is 5.35. The van der Waals surface area contributed by atoms with E-state index < -0.39 is 15.6 Å². The first-order valence-corrected chi connectivity index (χ1v) is 5.77. The van der Waals surface area contributed by atoms with E-state index in [1.165, 1.54) is 12.1 Å². The average molecular weight is 290 g/mol. The molecule has 1 aromatic rings. The molecule has 15 heavy (non-hydrogen) atoms. The van der Waals surface area contributed by atoms with Gasteiger partial charge in [-0.2, -0.15) is 0 Å². The monoisotopic (exact) mass is 288 g/mol. The Morgan fingerprint density at radius 1 is 1.00 bits per heavy atom. The van der Waals surface area contributed by atoms with E-state index in [2.05, 4.69) is 0 Å². The second-order valence-electron chi connectivity index (χ2n) is 2.90. The molecule has 0 saturated heterocycles. The summed E-state index contributed by atoms with van der Waals surface area (Å²) in [4.78, 5) is -0.865. The normalized spacial score (nSPS) is 15.3. The summed E-state index contributed by atoms with van der Waals surface area (Å²) >= 11 is 22.9. The van der Waals surface area contributed by atoms with Gasteiger partial charge < -0.3 is 10.2 Å². The van der Waals surface area contributed by atoms with Crippen LogP contribution in [0.15, 0.2) is 18.2 Å². The molecule has 6 heteroatoms. The maximum absolute atomic E-state index is 9.52. The highest BCUT2D eigenvalue weighted by atomic mass is 35.5. The van der Waals surface area contributed by atoms with E-state index in [-0.39, 0.29) is 11.5 Å². The molecular weight excluding hydrogens is 282 g/mol. The maximum Gasteiger partial charge on any atom is 0.162 e. The number of aromatic hydroxyl groups is 2. The van der Waals surface area contributed by atoms with Crippen molar-refractivity contribution in [3.63, 3.8) is 0 Å². The fourth-order valence-corrected chi connectivity index (χ4v) is 1.97. The molecule has 0 heterocycles. The summed E-state index contributed by atoms with van der Waals surface area (Å²) in [5.41, 5.74) is 0.294. The summed E-state index contributed by atoms with van der Waals surface area (Å²) in [6, 6.07) is 4.42. The molecular formula is C9H8Cl4O2. The van der Waals surface area contributed by atoms with Crippen LogP contribution in [0.2, 0.25) is 0 Å². The predicted octanol–water partition coefficient (Wildman–Crippen LogP) is 3.79. The standard InChI is InChI=1S/C9H8Cl4O2/c10-6(7(11)9(12)13)4-2-1-3-5(14)8(4)15/h1-3,6-7,9,14-15H. The largest absolute Gasteiger partial charge is 0.504 e. The van der Waals surface area contributed by atoms with Gasteiger partial charge >= 0.3 is 0 Å². The van der Waals surface area contributed by atoms with Crippen LogP contribution in [0.1, 0.15) is 10.9 Å². The van der Waals surface area contributed by atoms with Crippen molar-refractivity contribution >= 4 is 46.4 Å². The van der Waals surface area contributed by atoms with Crippen molar-refractivity contribution in [3.8, 4) is 11.5 Å². The number of rotatable bonds is 3. The van der Waals surface area contributed by atoms with Crippen LogP contribution in [0.3, 0.4) is 0 Å². The number of hydrogen-bond acceptors (Lipinski definition) is 2. The first-order valence-electron chi connectivity index (χ1n) is 4.02. The molecule has 0 radical (unpaired) electrons. The Morgan fingerprint density at radius 3 is 2.13 bits per heavy atom. The molecule has 2 N–H and O–H groups in total. The molecule has 2 atom stereocenters. The Hall–Kier alpha value is -0.0200. The molecule has 2 unspecified atom stereocenters. The minimum Gasteiger partial charge on any atom is -0.504 e. The van der Waals surface area contributed by atoms with Crippen LogP contribution in [-0.4, -0.2) is 20.4 Å². The first-order chi connectivity index (χ1) is 6.95. The van der Waals surface area contributed by atoms with Crippen LogP contribution >= 0.6 is 46.4 Å². The van der Waals surface area contributed by atoms with Gasteiger partial charge in [-0.3, -0.25) is 0 Å². The van der Waals surface area contributed by atoms with Gasteiger partial charge in [-0.1, -0.05) is 12.1 Å². The Kier molecular flexibility index (Phi) is 4.65. The van der Waals surface area contributed by atoms with Gasteiger partial charge in [-0.25, -0.2) is 0 Å². The van der Waals surface area contributed by atoms with Crippen molar-refractivity contribution in [2.75, 3.05) is 0 Å². The predicted molar refractivity (Wildman–Crippen MR) is 63.5 cm³/mol. The van der Waals surface area contributed by atoms with Crippen molar-refractivity contribution in [1.82, 2.24) is 0 Å². The van der Waals surface area contributed by atoms with E-state index in [0.717, 1.165) is 0 Å². The van der Waals surface area contributed by atoms with Crippen LogP contribution in [0.4, 0.5) is 0 Å². The molecule has 0 amide bonds. The van der Waals surface area contributed by atoms with Gasteiger partial charge in [0.15, 0.2) is 11.5 Å². The van der Waals surface area contributed by atoms with Crippen LogP contribution in [0.25, 0.3) is 0 Å². The van der Waals surface area contributed by atoms with Crippen LogP contribution in [0.5, 0.6) is 11.5 Å². The Labute approximate surface area is 107 Å². The quantitative estimate of drug-likeness (QED) is 0.656. The smallest absolute Gasteiger partial charge is 0.162 e. The third-order valence-electron chi connectivity index (χ3n) is 1.86. The lowest BCUT2D eigenvalue weighted by atomic mass is 10.1. The molecule has 1 aromatic carbocycles. The summed E-state index contributed by atoms with van der Waals surface area (Å²) in [5.74, 6) is -0.570. The lowest BCUT2D eigenvalue weighted by Crippen LogP contribution is -2.15. The minimum atomic E-state index is -0.865. The van der Waals surface area contributed by atoms with Gasteiger partial charge in [0.2, 0.25) is 0 Å². The highest BCUT2D eigenvalue weighted by Gasteiger charge is 2.27. The SMILES string of the molecule is Oc1cccc(C(Cl)C(Cl)C(Cl)Cl)c1O. The van der Waals surface area contributed by atoms with Gasteiger partial charge in [-0.05, 0) is 6.07 Å². The zero-order valence-corrected chi connectivity index (χ0v) is 10.4. The molecule has 0 aliphatic rings. The molecule has 0 aliphatic heterocycles. The molecule has 84 valence electrons. The van der Waals surface area contributed by atoms with Crippen LogP contribution in [0, 0.1) is 0 Å². The highest BCUT2D eigenvalue weighted by molar-refractivity contribution is 6.49. The number of benzene rings is 1. The van der Waals surface area contributed by atoms with Crippen molar-refractivity contribution in [1.29, 1.82) is 0 Å². The number of phenols is 2. The van der Waals surface area contributed by atoms with Crippen molar-refractivity contribution in [2.24, 2.45) is 0 Å². The van der Waals surface area contributed by atoms with Gasteiger partial charge in [0.25, 0.3) is 0 Å². The van der Waals surface area contributed by atoms with Crippen molar-refractivity contribution in [2.45, 2.75) is 15.6 Å². The average Bonchev–Trinajstić information content (AvgIpc) is 2.20. The third-order valence-corrected chi connectivity index (χ3v) is 3.80. The summed E-state index contributed by atoms with van der Waals surface area (Å²) in [7, 11) is 0. The van der Waals surface area contributed by atoms with E-state index >= 15 is 0 Å². The van der Waals surface area contributed by atoms with Gasteiger partial charge in [0, 0.05) is 5.56 Å². The fourth-order valence-electron chi connectivity index (χ4n) is 1.07. The van der Waals surface area contributed by atoms with E-state index in [4.69, 9.17) is 46.4 Å². The van der Waals surface area contributed by atoms with Gasteiger partial charge in [0.05, 0.1) is 10.8 Å². The fraction of sp³-hybridized carbons (Fsp3) is 0.333. The van der Waals surface area contributed by atoms with E-state index in [9.17, 15) is 10.2 Å². The zero-order valence-electron chi connectivity index (χ0n) is 7.37. The third kappa shape index (κ3) is 2.97. The molecule has 0 bridgehead atoms. The van der Waals surface area contributed by atoms with Crippen LogP contribution < -0.4 is 0 Å². The van der Waals surface area contributed by atoms with Crippen molar-refractivity contribution in [3.05, 3.63) is 23.8 Å². The molecule has 1 rings (SSSR count). The second-order valence-corrected chi connectivity index (χ2v) is 5.03. The summed E-state index contributed by atoms with van der Waals surface area (Å²) in [5, 5.41) is 17.2. The molecule has 2 nitrogen and oxygen atoms in total. The Morgan fingerprint density at radius 2 is 1.60 bits per heavy atom. The Bertz CT molecular complexity index is 343. The molecule has 0 saturated carbocycles. The Balaban J connectivity index is 3.01. The number of hydrogen-bond donors (Lipinski definition) is 2. The van der Waals surface area contributed by atoms with E-state index in [0.29, 0.717) is 5.56 Å². The van der Waals surface area contributed by atoms with E-state index in [1.807, 2.05) is 0 Å². The van der Waals surface area contributed by atoms with Crippen molar-refractivity contribution < 1.29 is 10.2 Å². The number of halogens is 4. The first kappa shape index (κ1) is 13.0. The zero-order chi connectivity index (χ0) is 11.6. The number of para-hydroxylation sites is 1.